The summed E-state index contributed by atoms with van der Waals surface area (Å²) in [6.07, 6.45) is 3.41. The van der Waals surface area contributed by atoms with Crippen molar-refractivity contribution in [3.63, 3.8) is 0 Å². The number of pyridine rings is 1. The van der Waals surface area contributed by atoms with E-state index in [1.807, 2.05) is 66.7 Å². The first-order valence-corrected chi connectivity index (χ1v) is 11.0. The molecule has 0 aliphatic rings. The molecular weight excluding hydrogens is 436 g/mol. The largest absolute Gasteiger partial charge is 0.322 e. The van der Waals surface area contributed by atoms with Crippen molar-refractivity contribution in [2.45, 2.75) is 26.2 Å². The molecule has 4 heteroatoms. The zero-order valence-electron chi connectivity index (χ0n) is 16.9. The Bertz CT molecular complexity index is 1190. The molecule has 4 rings (SSSR count). The molecule has 30 heavy (non-hydrogen) atoms. The van der Waals surface area contributed by atoms with E-state index >= 15 is 0 Å². The van der Waals surface area contributed by atoms with E-state index in [-0.39, 0.29) is 5.91 Å². The normalized spacial score (nSPS) is 10.9. The first kappa shape index (κ1) is 20.3. The van der Waals surface area contributed by atoms with Gasteiger partial charge in [-0.05, 0) is 54.8 Å². The summed E-state index contributed by atoms with van der Waals surface area (Å²) in [4.78, 5) is 18.0. The van der Waals surface area contributed by atoms with Gasteiger partial charge in [0.25, 0.3) is 5.91 Å². The number of aryl methyl sites for hydroxylation is 1. The first-order valence-electron chi connectivity index (χ1n) is 10.2. The highest BCUT2D eigenvalue weighted by molar-refractivity contribution is 9.10. The molecule has 0 unspecified atom stereocenters. The number of anilines is 1. The number of benzene rings is 3. The van der Waals surface area contributed by atoms with Crippen LogP contribution in [0.25, 0.3) is 22.2 Å². The zero-order valence-corrected chi connectivity index (χ0v) is 18.4. The lowest BCUT2D eigenvalue weighted by Gasteiger charge is -2.11. The van der Waals surface area contributed by atoms with E-state index in [2.05, 4.69) is 40.3 Å². The highest BCUT2D eigenvalue weighted by Crippen LogP contribution is 2.27. The van der Waals surface area contributed by atoms with Gasteiger partial charge in [0.2, 0.25) is 0 Å². The summed E-state index contributed by atoms with van der Waals surface area (Å²) >= 11 is 3.52. The van der Waals surface area contributed by atoms with Crippen LogP contribution in [0.2, 0.25) is 0 Å². The number of amides is 1. The minimum Gasteiger partial charge on any atom is -0.322 e. The van der Waals surface area contributed by atoms with E-state index in [1.165, 1.54) is 18.4 Å². The number of hydrogen-bond donors (Lipinski definition) is 1. The van der Waals surface area contributed by atoms with Gasteiger partial charge in [0.15, 0.2) is 0 Å². The molecule has 4 aromatic rings. The molecule has 0 fully saturated rings. The molecule has 1 amide bonds. The van der Waals surface area contributed by atoms with Gasteiger partial charge in [-0.3, -0.25) is 4.79 Å². The maximum atomic E-state index is 13.2. The molecule has 0 atom stereocenters. The predicted octanol–water partition coefficient (Wildman–Crippen LogP) is 7.26. The average molecular weight is 459 g/mol. The minimum absolute atomic E-state index is 0.133. The fourth-order valence-electron chi connectivity index (χ4n) is 3.49. The second kappa shape index (κ2) is 9.23. The van der Waals surface area contributed by atoms with Crippen molar-refractivity contribution in [1.82, 2.24) is 4.98 Å². The number of aromatic nitrogens is 1. The molecule has 1 heterocycles. The number of unbranched alkanes of at least 4 members (excludes halogenated alkanes) is 1. The number of hydrogen-bond acceptors (Lipinski definition) is 2. The summed E-state index contributed by atoms with van der Waals surface area (Å²) in [5.74, 6) is -0.133. The molecule has 0 aliphatic heterocycles. The van der Waals surface area contributed by atoms with Crippen LogP contribution in [0.5, 0.6) is 0 Å². The van der Waals surface area contributed by atoms with Crippen LogP contribution in [0, 0.1) is 0 Å². The Hall–Kier alpha value is -2.98. The third kappa shape index (κ3) is 4.60. The Morgan fingerprint density at radius 3 is 2.53 bits per heavy atom. The standard InChI is InChI=1S/C26H23BrN2O/c1-2-3-7-18-12-14-21(15-13-18)28-26(30)23-17-25(19-8-6-9-20(27)16-19)29-24-11-5-4-10-22(23)24/h4-6,8-17H,2-3,7H2,1H3,(H,28,30). The van der Waals surface area contributed by atoms with Gasteiger partial charge in [-0.15, -0.1) is 0 Å². The number of nitrogens with one attached hydrogen (secondary N) is 1. The molecule has 0 saturated heterocycles. The Morgan fingerprint density at radius 2 is 1.77 bits per heavy atom. The molecule has 150 valence electrons. The van der Waals surface area contributed by atoms with Gasteiger partial charge in [0.1, 0.15) is 0 Å². The quantitative estimate of drug-likeness (QED) is 0.330. The monoisotopic (exact) mass is 458 g/mol. The fourth-order valence-corrected chi connectivity index (χ4v) is 3.89. The summed E-state index contributed by atoms with van der Waals surface area (Å²) in [6.45, 7) is 2.19. The number of para-hydroxylation sites is 1. The third-order valence-electron chi connectivity index (χ3n) is 5.11. The third-order valence-corrected chi connectivity index (χ3v) is 5.61. The maximum Gasteiger partial charge on any atom is 0.256 e. The Morgan fingerprint density at radius 1 is 0.967 bits per heavy atom. The van der Waals surface area contributed by atoms with Gasteiger partial charge in [-0.2, -0.15) is 0 Å². The lowest BCUT2D eigenvalue weighted by Crippen LogP contribution is -2.13. The molecule has 0 spiro atoms. The molecule has 1 N–H and O–H groups in total. The Kier molecular flexibility index (Phi) is 6.24. The van der Waals surface area contributed by atoms with Crippen LogP contribution < -0.4 is 5.32 Å². The second-order valence-electron chi connectivity index (χ2n) is 7.34. The van der Waals surface area contributed by atoms with Crippen molar-refractivity contribution in [3.05, 3.63) is 94.5 Å². The smallest absolute Gasteiger partial charge is 0.256 e. The van der Waals surface area contributed by atoms with Crippen molar-refractivity contribution < 1.29 is 4.79 Å². The SMILES string of the molecule is CCCCc1ccc(NC(=O)c2cc(-c3cccc(Br)c3)nc3ccccc23)cc1. The summed E-state index contributed by atoms with van der Waals surface area (Å²) in [5, 5.41) is 3.89. The zero-order chi connectivity index (χ0) is 20.9. The number of fused-ring (bicyclic) bond motifs is 1. The summed E-state index contributed by atoms with van der Waals surface area (Å²) < 4.78 is 0.976. The van der Waals surface area contributed by atoms with Crippen LogP contribution in [0.3, 0.4) is 0 Å². The molecule has 0 aliphatic carbocycles. The van der Waals surface area contributed by atoms with Crippen LogP contribution in [0.15, 0.2) is 83.3 Å². The highest BCUT2D eigenvalue weighted by atomic mass is 79.9. The second-order valence-corrected chi connectivity index (χ2v) is 8.25. The van der Waals surface area contributed by atoms with Gasteiger partial charge in [-0.1, -0.05) is 71.7 Å². The van der Waals surface area contributed by atoms with E-state index < -0.39 is 0 Å². The summed E-state index contributed by atoms with van der Waals surface area (Å²) in [5.41, 5.74) is 5.24. The van der Waals surface area contributed by atoms with E-state index in [9.17, 15) is 4.79 Å². The molecular formula is C26H23BrN2O. The average Bonchev–Trinajstić information content (AvgIpc) is 2.78. The molecule has 0 saturated carbocycles. The summed E-state index contributed by atoms with van der Waals surface area (Å²) in [6, 6.07) is 25.7. The predicted molar refractivity (Wildman–Crippen MR) is 128 cm³/mol. The number of rotatable bonds is 6. The number of carbonyl (C=O) groups excluding carboxylic acids is 1. The molecule has 0 bridgehead atoms. The van der Waals surface area contributed by atoms with Gasteiger partial charge in [-0.25, -0.2) is 4.98 Å². The van der Waals surface area contributed by atoms with Crippen molar-refractivity contribution >= 4 is 38.4 Å². The molecule has 1 aromatic heterocycles. The molecule has 0 radical (unpaired) electrons. The van der Waals surface area contributed by atoms with Crippen molar-refractivity contribution in [3.8, 4) is 11.3 Å². The van der Waals surface area contributed by atoms with Gasteiger partial charge >= 0.3 is 0 Å². The fraction of sp³-hybridized carbons (Fsp3) is 0.154. The van der Waals surface area contributed by atoms with Crippen LogP contribution in [-0.4, -0.2) is 10.9 Å². The van der Waals surface area contributed by atoms with E-state index in [0.717, 1.165) is 38.7 Å². The lowest BCUT2D eigenvalue weighted by atomic mass is 10.0. The summed E-state index contributed by atoms with van der Waals surface area (Å²) in [7, 11) is 0. The number of halogens is 1. The highest BCUT2D eigenvalue weighted by Gasteiger charge is 2.14. The van der Waals surface area contributed by atoms with Crippen LogP contribution in [-0.2, 0) is 6.42 Å². The Balaban J connectivity index is 1.67. The Labute approximate surface area is 185 Å². The molecule has 3 nitrogen and oxygen atoms in total. The first-order chi connectivity index (χ1) is 14.6. The number of nitrogens with zero attached hydrogens (tertiary/aromatic N) is 1. The van der Waals surface area contributed by atoms with Crippen LogP contribution in [0.1, 0.15) is 35.7 Å². The van der Waals surface area contributed by atoms with Gasteiger partial charge in [0, 0.05) is 21.1 Å². The van der Waals surface area contributed by atoms with E-state index in [4.69, 9.17) is 4.98 Å². The topological polar surface area (TPSA) is 42.0 Å². The van der Waals surface area contributed by atoms with Crippen molar-refractivity contribution in [1.29, 1.82) is 0 Å². The van der Waals surface area contributed by atoms with E-state index in [1.54, 1.807) is 0 Å². The van der Waals surface area contributed by atoms with Gasteiger partial charge in [0.05, 0.1) is 16.8 Å². The van der Waals surface area contributed by atoms with Gasteiger partial charge < -0.3 is 5.32 Å². The molecule has 3 aromatic carbocycles. The van der Waals surface area contributed by atoms with Crippen molar-refractivity contribution in [2.24, 2.45) is 0 Å². The number of carbonyl (C=O) groups is 1. The van der Waals surface area contributed by atoms with Crippen molar-refractivity contribution in [2.75, 3.05) is 5.32 Å². The lowest BCUT2D eigenvalue weighted by molar-refractivity contribution is 0.102. The maximum absolute atomic E-state index is 13.2. The van der Waals surface area contributed by atoms with Crippen LogP contribution >= 0.6 is 15.9 Å². The van der Waals surface area contributed by atoms with E-state index in [0.29, 0.717) is 5.56 Å². The van der Waals surface area contributed by atoms with Crippen LogP contribution in [0.4, 0.5) is 5.69 Å². The minimum atomic E-state index is -0.133.